The summed E-state index contributed by atoms with van der Waals surface area (Å²) in [5.41, 5.74) is 5.42. The van der Waals surface area contributed by atoms with E-state index < -0.39 is 11.8 Å². The fourth-order valence-corrected chi connectivity index (χ4v) is 4.96. The van der Waals surface area contributed by atoms with Crippen molar-refractivity contribution in [3.8, 4) is 29.0 Å². The number of hydrogen-bond acceptors (Lipinski definition) is 5. The van der Waals surface area contributed by atoms with Gasteiger partial charge in [-0.15, -0.1) is 5.10 Å². The molecule has 0 amide bonds. The molecule has 0 bridgehead atoms. The first-order chi connectivity index (χ1) is 13.8. The van der Waals surface area contributed by atoms with Gasteiger partial charge in [0, 0.05) is 11.5 Å². The van der Waals surface area contributed by atoms with Crippen molar-refractivity contribution in [3.05, 3.63) is 61.5 Å². The van der Waals surface area contributed by atoms with E-state index in [2.05, 4.69) is 54.2 Å². The molecule has 1 aromatic heterocycles. The van der Waals surface area contributed by atoms with Crippen LogP contribution < -0.4 is 4.74 Å². The van der Waals surface area contributed by atoms with E-state index in [9.17, 15) is 10.4 Å². The Morgan fingerprint density at radius 3 is 2.52 bits per heavy atom. The average Bonchev–Trinajstić information content (AvgIpc) is 3.07. The largest absolute Gasteiger partial charge is 0.506 e. The summed E-state index contributed by atoms with van der Waals surface area (Å²) in [5.74, 6) is -1.09. The lowest BCUT2D eigenvalue weighted by molar-refractivity contribution is 0.436. The average molecular weight is 516 g/mol. The number of benzene rings is 2. The number of aryl methyl sites for hydroxylation is 2. The Morgan fingerprint density at radius 1 is 1.21 bits per heavy atom. The molecule has 2 aromatic carbocycles. The van der Waals surface area contributed by atoms with Gasteiger partial charge in [0.2, 0.25) is 11.8 Å². The summed E-state index contributed by atoms with van der Waals surface area (Å²) in [6.45, 7) is 4.05. The molecule has 6 nitrogen and oxygen atoms in total. The van der Waals surface area contributed by atoms with Gasteiger partial charge in [-0.2, -0.15) is 5.26 Å². The van der Waals surface area contributed by atoms with E-state index >= 15 is 0 Å². The molecule has 8 heteroatoms. The maximum Gasteiger partial charge on any atom is 0.244 e. The SMILES string of the molecule is Cc1ccc(-c2[nH]nc3c2C(c2cc(Br)c(O)c(Br)c2)C(C#N)C(=N)O3)c(C)c1. The quantitative estimate of drug-likeness (QED) is 0.415. The summed E-state index contributed by atoms with van der Waals surface area (Å²) in [7, 11) is 0. The molecule has 2 unspecified atom stereocenters. The standard InChI is InChI=1S/C21H16Br2N4O2/c1-9-3-4-12(10(2)5-9)18-17-16(11-6-14(22)19(28)15(23)7-11)13(8-24)20(25)29-21(17)27-26-18/h3-7,13,16,25,28H,1-2H3,(H,26,27). The monoisotopic (exact) mass is 514 g/mol. The first kappa shape index (κ1) is 19.7. The van der Waals surface area contributed by atoms with Crippen LogP contribution in [0.4, 0.5) is 0 Å². The van der Waals surface area contributed by atoms with Gasteiger partial charge >= 0.3 is 0 Å². The Bertz CT molecular complexity index is 1170. The molecular formula is C21H16Br2N4O2. The Kier molecular flexibility index (Phi) is 4.97. The molecule has 0 spiro atoms. The van der Waals surface area contributed by atoms with Crippen molar-refractivity contribution in [1.82, 2.24) is 10.2 Å². The minimum absolute atomic E-state index is 0.0754. The summed E-state index contributed by atoms with van der Waals surface area (Å²) < 4.78 is 6.57. The van der Waals surface area contributed by atoms with Crippen molar-refractivity contribution >= 4 is 37.8 Å². The van der Waals surface area contributed by atoms with Gasteiger partial charge in [0.25, 0.3) is 0 Å². The highest BCUT2D eigenvalue weighted by Crippen LogP contribution is 2.48. The van der Waals surface area contributed by atoms with E-state index in [4.69, 9.17) is 10.1 Å². The van der Waals surface area contributed by atoms with Crippen molar-refractivity contribution in [3.63, 3.8) is 0 Å². The molecule has 0 radical (unpaired) electrons. The number of hydrogen-bond donors (Lipinski definition) is 3. The topological polar surface area (TPSA) is 106 Å². The normalized spacial score (nSPS) is 18.1. The Hall–Kier alpha value is -2.63. The number of phenols is 1. The minimum Gasteiger partial charge on any atom is -0.506 e. The molecule has 0 fully saturated rings. The summed E-state index contributed by atoms with van der Waals surface area (Å²) in [4.78, 5) is 0. The van der Waals surface area contributed by atoms with Crippen LogP contribution in [0.25, 0.3) is 11.3 Å². The second kappa shape index (κ2) is 7.32. The number of H-pyrrole nitrogens is 1. The first-order valence-electron chi connectivity index (χ1n) is 8.81. The highest BCUT2D eigenvalue weighted by Gasteiger charge is 2.41. The highest BCUT2D eigenvalue weighted by atomic mass is 79.9. The summed E-state index contributed by atoms with van der Waals surface area (Å²) >= 11 is 6.73. The van der Waals surface area contributed by atoms with Crippen LogP contribution >= 0.6 is 31.9 Å². The molecule has 0 saturated heterocycles. The van der Waals surface area contributed by atoms with E-state index in [1.165, 1.54) is 0 Å². The van der Waals surface area contributed by atoms with E-state index in [1.807, 2.05) is 26.0 Å². The van der Waals surface area contributed by atoms with Crippen molar-refractivity contribution in [1.29, 1.82) is 10.7 Å². The summed E-state index contributed by atoms with van der Waals surface area (Å²) in [6.07, 6.45) is 0. The molecule has 2 heterocycles. The zero-order valence-electron chi connectivity index (χ0n) is 15.5. The van der Waals surface area contributed by atoms with Gasteiger partial charge in [-0.05, 0) is 69.0 Å². The smallest absolute Gasteiger partial charge is 0.244 e. The van der Waals surface area contributed by atoms with Crippen molar-refractivity contribution in [2.24, 2.45) is 5.92 Å². The van der Waals surface area contributed by atoms with Crippen molar-refractivity contribution in [2.75, 3.05) is 0 Å². The molecule has 3 aromatic rings. The minimum atomic E-state index is -0.826. The second-order valence-corrected chi connectivity index (χ2v) is 8.73. The molecule has 146 valence electrons. The Labute approximate surface area is 184 Å². The lowest BCUT2D eigenvalue weighted by Crippen LogP contribution is -2.31. The lowest BCUT2D eigenvalue weighted by atomic mass is 9.78. The van der Waals surface area contributed by atoms with Crippen LogP contribution in [-0.4, -0.2) is 21.2 Å². The van der Waals surface area contributed by atoms with Gasteiger partial charge in [0.05, 0.1) is 26.3 Å². The third kappa shape index (κ3) is 3.24. The van der Waals surface area contributed by atoms with Crippen molar-refractivity contribution < 1.29 is 9.84 Å². The van der Waals surface area contributed by atoms with E-state index in [0.717, 1.165) is 33.5 Å². The number of nitriles is 1. The maximum absolute atomic E-state index is 10.1. The molecule has 0 aliphatic carbocycles. The number of aromatic nitrogens is 2. The van der Waals surface area contributed by atoms with E-state index in [0.29, 0.717) is 14.8 Å². The number of ether oxygens (including phenoxy) is 1. The lowest BCUT2D eigenvalue weighted by Gasteiger charge is -2.28. The number of halogens is 2. The molecule has 1 aliphatic rings. The number of fused-ring (bicyclic) bond motifs is 1. The molecule has 4 rings (SSSR count). The Morgan fingerprint density at radius 2 is 1.90 bits per heavy atom. The van der Waals surface area contributed by atoms with Gasteiger partial charge in [0.15, 0.2) is 0 Å². The van der Waals surface area contributed by atoms with Crippen LogP contribution in [-0.2, 0) is 0 Å². The second-order valence-electron chi connectivity index (χ2n) is 7.02. The van der Waals surface area contributed by atoms with Crippen LogP contribution in [0.2, 0.25) is 0 Å². The number of phenolic OH excluding ortho intramolecular Hbond substituents is 1. The fourth-order valence-electron chi connectivity index (χ4n) is 3.74. The third-order valence-electron chi connectivity index (χ3n) is 5.09. The molecule has 29 heavy (non-hydrogen) atoms. The van der Waals surface area contributed by atoms with Gasteiger partial charge in [0.1, 0.15) is 11.7 Å². The molecule has 2 atom stereocenters. The third-order valence-corrected chi connectivity index (χ3v) is 6.30. The van der Waals surface area contributed by atoms with Gasteiger partial charge in [-0.25, -0.2) is 0 Å². The zero-order chi connectivity index (χ0) is 20.9. The summed E-state index contributed by atoms with van der Waals surface area (Å²) in [5, 5.41) is 35.5. The first-order valence-corrected chi connectivity index (χ1v) is 10.4. The number of nitrogens with zero attached hydrogens (tertiary/aromatic N) is 2. The van der Waals surface area contributed by atoms with Crippen LogP contribution in [0.3, 0.4) is 0 Å². The predicted octanol–water partition coefficient (Wildman–Crippen LogP) is 5.57. The molecular weight excluding hydrogens is 500 g/mol. The van der Waals surface area contributed by atoms with Crippen LogP contribution in [0, 0.1) is 36.5 Å². The van der Waals surface area contributed by atoms with Gasteiger partial charge < -0.3 is 9.84 Å². The van der Waals surface area contributed by atoms with E-state index in [1.54, 1.807) is 12.1 Å². The number of aromatic amines is 1. The number of aromatic hydroxyl groups is 1. The molecule has 3 N–H and O–H groups in total. The fraction of sp³-hybridized carbons (Fsp3) is 0.190. The van der Waals surface area contributed by atoms with Gasteiger partial charge in [-0.1, -0.05) is 23.8 Å². The van der Waals surface area contributed by atoms with Crippen LogP contribution in [0.5, 0.6) is 11.6 Å². The predicted molar refractivity (Wildman–Crippen MR) is 116 cm³/mol. The van der Waals surface area contributed by atoms with E-state index in [-0.39, 0.29) is 11.6 Å². The van der Waals surface area contributed by atoms with Crippen LogP contribution in [0.15, 0.2) is 39.3 Å². The van der Waals surface area contributed by atoms with Crippen molar-refractivity contribution in [2.45, 2.75) is 19.8 Å². The maximum atomic E-state index is 10.1. The number of nitrogens with one attached hydrogen (secondary N) is 2. The molecule has 0 saturated carbocycles. The van der Waals surface area contributed by atoms with Gasteiger partial charge in [-0.3, -0.25) is 10.5 Å². The van der Waals surface area contributed by atoms with Crippen LogP contribution in [0.1, 0.15) is 28.2 Å². The zero-order valence-corrected chi connectivity index (χ0v) is 18.7. The highest BCUT2D eigenvalue weighted by molar-refractivity contribution is 9.11. The molecule has 1 aliphatic heterocycles. The summed E-state index contributed by atoms with van der Waals surface area (Å²) in [6, 6.07) is 11.8. The number of rotatable bonds is 2. The Balaban J connectivity index is 1.98.